The molecule has 104 heavy (non-hydrogen) atoms. The molecule has 6 aliphatic rings. The number of carboxylic acids is 1. The zero-order valence-electron chi connectivity index (χ0n) is 57.9. The van der Waals surface area contributed by atoms with Crippen LogP contribution in [0.1, 0.15) is 73.6 Å². The predicted molar refractivity (Wildman–Crippen MR) is 342 cm³/mol. The monoisotopic (exact) mass is 1540 g/mol. The van der Waals surface area contributed by atoms with Crippen molar-refractivity contribution in [3.8, 4) is 0 Å². The quantitative estimate of drug-likeness (QED) is 0.00520. The smallest absolute Gasteiger partial charge is 0.338 e. The van der Waals surface area contributed by atoms with Crippen LogP contribution in [0, 0.1) is 5.92 Å². The summed E-state index contributed by atoms with van der Waals surface area (Å²) >= 11 is 5.71. The van der Waals surface area contributed by atoms with Crippen molar-refractivity contribution in [3.05, 3.63) is 12.2 Å². The number of rotatable bonds is 38. The molecular weight excluding hydrogens is 1450 g/mol. The van der Waals surface area contributed by atoms with Crippen LogP contribution in [0.4, 0.5) is 0 Å². The van der Waals surface area contributed by atoms with E-state index in [4.69, 9.17) is 90.9 Å². The van der Waals surface area contributed by atoms with Crippen LogP contribution < -0.4 is 16.0 Å². The van der Waals surface area contributed by atoms with Crippen molar-refractivity contribution in [3.63, 3.8) is 0 Å². The maximum Gasteiger partial charge on any atom is 0.338 e. The lowest BCUT2D eigenvalue weighted by Crippen LogP contribution is -2.65. The average Bonchev–Trinajstić information content (AvgIpc) is 0.788. The largest absolute Gasteiger partial charge is 0.479 e. The lowest BCUT2D eigenvalue weighted by molar-refractivity contribution is -0.461. The number of esters is 4. The third kappa shape index (κ3) is 25.4. The summed E-state index contributed by atoms with van der Waals surface area (Å²) in [6, 6.07) is -3.86. The van der Waals surface area contributed by atoms with Crippen LogP contribution in [-0.4, -0.2) is 346 Å². The topological polar surface area (TPSA) is 571 Å². The number of thiol groups is 1. The van der Waals surface area contributed by atoms with Crippen LogP contribution in [0.3, 0.4) is 0 Å². The molecule has 41 nitrogen and oxygen atoms in total. The van der Waals surface area contributed by atoms with Gasteiger partial charge in [-0.3, -0.25) is 19.2 Å². The first-order chi connectivity index (χ1) is 49.3. The van der Waals surface area contributed by atoms with E-state index in [2.05, 4.69) is 35.2 Å². The molecule has 0 aromatic rings. The fraction of sp³-hybridized carbons (Fsp3) is 0.836. The number of carbonyl (C=O) groups is 8. The Bertz CT molecular complexity index is 2770. The molecule has 6 saturated heterocycles. The summed E-state index contributed by atoms with van der Waals surface area (Å²) < 4.78 is 73.9. The molecule has 14 N–H and O–H groups in total. The number of hydrogen-bond acceptors (Lipinski definition) is 39. The molecule has 0 aromatic heterocycles. The zero-order chi connectivity index (χ0) is 76.8. The Labute approximate surface area is 605 Å². The van der Waals surface area contributed by atoms with Crippen molar-refractivity contribution in [2.75, 3.05) is 70.6 Å². The van der Waals surface area contributed by atoms with Gasteiger partial charge in [-0.25, -0.2) is 48.5 Å². The van der Waals surface area contributed by atoms with Crippen molar-refractivity contribution in [2.45, 2.75) is 245 Å². The van der Waals surface area contributed by atoms with Gasteiger partial charge in [0.25, 0.3) is 0 Å². The van der Waals surface area contributed by atoms with Gasteiger partial charge in [0.15, 0.2) is 37.2 Å². The van der Waals surface area contributed by atoms with Gasteiger partial charge in [-0.05, 0) is 31.8 Å². The Hall–Kier alpha value is -4.80. The Kier molecular flexibility index (Phi) is 36.3. The standard InChI is InChI=1S/C61H97N3O38S2/c1-24(2)53(80)85-19-30(71)22-88-56(83)51-49(95-59-34(64-29(7)70)14-38(42(18-67)93-59)99-101-60-45(76)43(74)48(50(96-60)52(78)79)94-58-33(63-28(6)69)12-36(98-84-8)40(16-65)92-58)44(75)46(77)61(97-51)102-100-37-13-32(62-27(5)68)57(91-41(37)17-66)90-39-15-35(73)26(4)89-47(39)55(82)87-21-31(72)20-86-54(81)25(3)23-104-11-9-10-103/h25-26,30-51,57-61,65-67,71-77,103H,1,9-23H2,2-8H3,(H,62,68)(H,63,69)(H,64,70)(H,78,79)/t25?,26?,30?,31?,32-,33-,34-,35?,36-,37-,38-,39+,40-,41-,42-,43?,44?,45?,46?,47?,48+,49+,50?,51?,57+,58-,59-,60?,61?/m0/s1. The van der Waals surface area contributed by atoms with Gasteiger partial charge >= 0.3 is 29.8 Å². The zero-order valence-corrected chi connectivity index (χ0v) is 59.6. The lowest BCUT2D eigenvalue weighted by Gasteiger charge is -2.46. The van der Waals surface area contributed by atoms with Crippen molar-refractivity contribution in [2.24, 2.45) is 5.92 Å². The number of nitrogens with one attached hydrogen (secondary N) is 3. The number of ether oxygens (including phenoxy) is 13. The number of aliphatic hydroxyl groups excluding tert-OH is 10. The summed E-state index contributed by atoms with van der Waals surface area (Å²) in [4.78, 5) is 135. The Balaban J connectivity index is 1.15. The molecule has 29 atom stereocenters. The fourth-order valence-electron chi connectivity index (χ4n) is 11.3. The van der Waals surface area contributed by atoms with Gasteiger partial charge in [0.1, 0.15) is 118 Å². The maximum atomic E-state index is 14.2. The SMILES string of the molecule is C=C(C)C(=O)OCC(O)COC(=O)C1OC(OO[C@H]2C[C@H](NC(C)=O)[C@H](O[C@@H]3CC(O)C(C)OC3C(=O)OCC(O)COC(=O)C(C)CSCCCS)O[C@H]2CO)C(O)C(O)[C@H]1O[C@@H]1O[C@@H](CO)[C@@H](OOC2OC(C(=O)O)[C@H](O[C@@H]3O[C@@H](CO)[C@@H](OOC)C[C@@H]3NC(C)=O)C(O)C2O)C[C@@H]1NC(C)=O. The van der Waals surface area contributed by atoms with E-state index >= 15 is 0 Å². The molecule has 43 heteroatoms. The summed E-state index contributed by atoms with van der Waals surface area (Å²) in [6.45, 7) is 5.76. The van der Waals surface area contributed by atoms with Gasteiger partial charge < -0.3 is 134 Å². The Morgan fingerprint density at radius 3 is 1.39 bits per heavy atom. The third-order valence-corrected chi connectivity index (χ3v) is 18.3. The third-order valence-electron chi connectivity index (χ3n) is 16.7. The number of thioether (sulfide) groups is 1. The molecule has 0 aliphatic carbocycles. The van der Waals surface area contributed by atoms with E-state index in [0.717, 1.165) is 32.9 Å². The van der Waals surface area contributed by atoms with Gasteiger partial charge in [-0.2, -0.15) is 24.4 Å². The van der Waals surface area contributed by atoms with Crippen molar-refractivity contribution < 1.29 is 185 Å². The first-order valence-corrected chi connectivity index (χ1v) is 35.0. The summed E-state index contributed by atoms with van der Waals surface area (Å²) in [5, 5.41) is 128. The first kappa shape index (κ1) is 88.1. The molecule has 6 aliphatic heterocycles. The number of aliphatic hydroxyl groups is 10. The van der Waals surface area contributed by atoms with E-state index < -0.39 is 284 Å². The van der Waals surface area contributed by atoms with Crippen LogP contribution in [0.15, 0.2) is 12.2 Å². The molecule has 3 amide bonds. The lowest BCUT2D eigenvalue weighted by atomic mass is 9.97. The minimum Gasteiger partial charge on any atom is -0.479 e. The molecule has 0 spiro atoms. The highest BCUT2D eigenvalue weighted by atomic mass is 32.2. The van der Waals surface area contributed by atoms with E-state index in [1.165, 1.54) is 32.7 Å². The van der Waals surface area contributed by atoms with E-state index in [9.17, 15) is 94.5 Å². The Morgan fingerprint density at radius 1 is 0.538 bits per heavy atom. The van der Waals surface area contributed by atoms with Crippen molar-refractivity contribution in [1.82, 2.24) is 16.0 Å². The molecule has 14 unspecified atom stereocenters. The molecule has 6 rings (SSSR count). The highest BCUT2D eigenvalue weighted by Gasteiger charge is 2.57. The summed E-state index contributed by atoms with van der Waals surface area (Å²) in [5.74, 6) is -6.46. The molecular formula is C61H97N3O38S2. The van der Waals surface area contributed by atoms with Crippen LogP contribution >= 0.6 is 24.4 Å². The molecule has 6 heterocycles. The van der Waals surface area contributed by atoms with E-state index in [0.29, 0.717) is 11.5 Å². The van der Waals surface area contributed by atoms with Gasteiger partial charge in [-0.15, -0.1) is 0 Å². The maximum absolute atomic E-state index is 14.2. The molecule has 0 bridgehead atoms. The summed E-state index contributed by atoms with van der Waals surface area (Å²) in [5.41, 5.74) is -0.0439. The number of hydrogen-bond donors (Lipinski definition) is 15. The van der Waals surface area contributed by atoms with Crippen LogP contribution in [0.5, 0.6) is 0 Å². The van der Waals surface area contributed by atoms with Crippen LogP contribution in [0.2, 0.25) is 0 Å². The molecule has 596 valence electrons. The second kappa shape index (κ2) is 42.8. The highest BCUT2D eigenvalue weighted by molar-refractivity contribution is 7.99. The average molecular weight is 1540 g/mol. The number of carbonyl (C=O) groups excluding carboxylic acids is 7. The van der Waals surface area contributed by atoms with Crippen molar-refractivity contribution >= 4 is 72.0 Å². The van der Waals surface area contributed by atoms with Crippen LogP contribution in [0.25, 0.3) is 0 Å². The number of aliphatic carboxylic acids is 1. The second-order valence-electron chi connectivity index (χ2n) is 25.3. The minimum absolute atomic E-state index is 0.0439. The van der Waals surface area contributed by atoms with Crippen molar-refractivity contribution in [1.29, 1.82) is 0 Å². The molecule has 6 fully saturated rings. The van der Waals surface area contributed by atoms with E-state index in [-0.39, 0.29) is 18.4 Å². The van der Waals surface area contributed by atoms with Gasteiger partial charge in [-0.1, -0.05) is 13.5 Å². The van der Waals surface area contributed by atoms with Gasteiger partial charge in [0, 0.05) is 57.8 Å². The normalized spacial score (nSPS) is 36.1. The first-order valence-electron chi connectivity index (χ1n) is 33.2. The molecule has 0 saturated carbocycles. The van der Waals surface area contributed by atoms with Crippen LogP contribution in [-0.2, 0) is 129 Å². The highest BCUT2D eigenvalue weighted by Crippen LogP contribution is 2.36. The number of carboxylic acid groups (broad SMARTS) is 1. The minimum atomic E-state index is -2.35. The molecule has 0 radical (unpaired) electrons. The predicted octanol–water partition coefficient (Wildman–Crippen LogP) is -6.77. The summed E-state index contributed by atoms with van der Waals surface area (Å²) in [7, 11) is 1.18. The Morgan fingerprint density at radius 2 is 0.962 bits per heavy atom. The van der Waals surface area contributed by atoms with E-state index in [1.54, 1.807) is 6.92 Å². The summed E-state index contributed by atoms with van der Waals surface area (Å²) in [6.07, 6.45) is -44.4. The fourth-order valence-corrected chi connectivity index (χ4v) is 12.7. The van der Waals surface area contributed by atoms with Gasteiger partial charge in [0.05, 0.1) is 63.2 Å². The van der Waals surface area contributed by atoms with Gasteiger partial charge in [0.2, 0.25) is 30.3 Å². The van der Waals surface area contributed by atoms with E-state index in [1.807, 2.05) is 0 Å². The second-order valence-corrected chi connectivity index (χ2v) is 26.9. The number of amides is 3. The molecule has 0 aromatic carbocycles.